The third-order valence-corrected chi connectivity index (χ3v) is 2.32. The lowest BCUT2D eigenvalue weighted by Crippen LogP contribution is -2.31. The minimum atomic E-state index is -1.49. The summed E-state index contributed by atoms with van der Waals surface area (Å²) in [6.45, 7) is 0. The Kier molecular flexibility index (Phi) is 4.66. The molecule has 0 aliphatic heterocycles. The second-order valence-electron chi connectivity index (χ2n) is 3.25. The number of benzene rings is 1. The number of hydrogen-bond donors (Lipinski definition) is 2. The largest absolute Gasteiger partial charge is 0.481 e. The van der Waals surface area contributed by atoms with E-state index in [0.717, 1.165) is 0 Å². The number of Topliss-reactive ketones (excluding diaryl/α,β-unsaturated/α-hetero) is 1. The standard InChI is InChI=1S/C11H10ClNO4/c12-10(8(14)6-9(15)16)11(17)13-7-4-2-1-3-5-7/h1-5,10H,6H2,(H,13,17)(H,15,16). The summed E-state index contributed by atoms with van der Waals surface area (Å²) in [6, 6.07) is 8.44. The van der Waals surface area contributed by atoms with Gasteiger partial charge in [-0.3, -0.25) is 14.4 Å². The highest BCUT2D eigenvalue weighted by Crippen LogP contribution is 2.09. The lowest BCUT2D eigenvalue weighted by atomic mass is 10.2. The molecule has 17 heavy (non-hydrogen) atoms. The second-order valence-corrected chi connectivity index (χ2v) is 3.69. The fraction of sp³-hybridized carbons (Fsp3) is 0.182. The first-order valence-electron chi connectivity index (χ1n) is 4.75. The number of carboxylic acid groups (broad SMARTS) is 1. The number of para-hydroxylation sites is 1. The molecule has 0 aromatic heterocycles. The summed E-state index contributed by atoms with van der Waals surface area (Å²) in [6.07, 6.45) is -0.767. The van der Waals surface area contributed by atoms with Gasteiger partial charge in [0.2, 0.25) is 5.91 Å². The molecule has 1 aromatic rings. The van der Waals surface area contributed by atoms with Crippen molar-refractivity contribution in [2.75, 3.05) is 5.32 Å². The molecule has 0 radical (unpaired) electrons. The van der Waals surface area contributed by atoms with Gasteiger partial charge < -0.3 is 10.4 Å². The zero-order chi connectivity index (χ0) is 12.8. The SMILES string of the molecule is O=C(O)CC(=O)C(Cl)C(=O)Nc1ccccc1. The van der Waals surface area contributed by atoms with Gasteiger partial charge in [-0.25, -0.2) is 0 Å². The lowest BCUT2D eigenvalue weighted by molar-refractivity contribution is -0.140. The predicted octanol–water partition coefficient (Wildman–Crippen LogP) is 1.28. The number of nitrogens with one attached hydrogen (secondary N) is 1. The van der Waals surface area contributed by atoms with E-state index in [1.807, 2.05) is 0 Å². The Morgan fingerprint density at radius 1 is 1.24 bits per heavy atom. The number of aliphatic carboxylic acids is 1. The van der Waals surface area contributed by atoms with E-state index in [1.54, 1.807) is 30.3 Å². The Bertz CT molecular complexity index is 432. The molecule has 1 atom stereocenters. The van der Waals surface area contributed by atoms with E-state index in [0.29, 0.717) is 5.69 Å². The maximum absolute atomic E-state index is 11.5. The van der Waals surface area contributed by atoms with Crippen molar-refractivity contribution in [3.8, 4) is 0 Å². The number of halogens is 1. The summed E-state index contributed by atoms with van der Waals surface area (Å²) in [5, 5.41) is 9.31. The van der Waals surface area contributed by atoms with Crippen molar-refractivity contribution in [3.05, 3.63) is 30.3 Å². The summed E-state index contributed by atoms with van der Waals surface area (Å²) in [5.74, 6) is -2.88. The molecule has 0 aliphatic carbocycles. The van der Waals surface area contributed by atoms with Crippen LogP contribution in [0.4, 0.5) is 5.69 Å². The van der Waals surface area contributed by atoms with Gasteiger partial charge in [-0.1, -0.05) is 18.2 Å². The van der Waals surface area contributed by atoms with Crippen LogP contribution in [0.25, 0.3) is 0 Å². The van der Waals surface area contributed by atoms with E-state index in [-0.39, 0.29) is 0 Å². The molecule has 5 nitrogen and oxygen atoms in total. The van der Waals surface area contributed by atoms with Crippen LogP contribution in [0.2, 0.25) is 0 Å². The van der Waals surface area contributed by atoms with Gasteiger partial charge in [0.1, 0.15) is 6.42 Å². The quantitative estimate of drug-likeness (QED) is 0.613. The highest BCUT2D eigenvalue weighted by Gasteiger charge is 2.25. The van der Waals surface area contributed by atoms with Gasteiger partial charge in [-0.05, 0) is 12.1 Å². The van der Waals surface area contributed by atoms with Crippen LogP contribution in [0, 0.1) is 0 Å². The first-order valence-corrected chi connectivity index (χ1v) is 5.19. The van der Waals surface area contributed by atoms with Crippen LogP contribution in [-0.2, 0) is 14.4 Å². The van der Waals surface area contributed by atoms with Crippen LogP contribution in [-0.4, -0.2) is 28.1 Å². The van der Waals surface area contributed by atoms with E-state index in [9.17, 15) is 14.4 Å². The lowest BCUT2D eigenvalue weighted by Gasteiger charge is -2.08. The first-order chi connectivity index (χ1) is 8.00. The number of alkyl halides is 1. The minimum absolute atomic E-state index is 0.492. The number of carboxylic acids is 1. The molecule has 0 aliphatic rings. The normalized spacial score (nSPS) is 11.6. The molecule has 1 unspecified atom stereocenters. The number of carbonyl (C=O) groups is 3. The zero-order valence-electron chi connectivity index (χ0n) is 8.72. The highest BCUT2D eigenvalue weighted by molar-refractivity contribution is 6.44. The summed E-state index contributed by atoms with van der Waals surface area (Å²) < 4.78 is 0. The summed E-state index contributed by atoms with van der Waals surface area (Å²) in [5.41, 5.74) is 0.492. The van der Waals surface area contributed by atoms with Gasteiger partial charge in [0.05, 0.1) is 0 Å². The molecule has 0 saturated heterocycles. The number of ketones is 1. The number of carbonyl (C=O) groups excluding carboxylic acids is 2. The summed E-state index contributed by atoms with van der Waals surface area (Å²) in [4.78, 5) is 33.0. The van der Waals surface area contributed by atoms with Gasteiger partial charge in [-0.15, -0.1) is 11.6 Å². The molecule has 6 heteroatoms. The fourth-order valence-electron chi connectivity index (χ4n) is 1.11. The van der Waals surface area contributed by atoms with Crippen molar-refractivity contribution in [3.63, 3.8) is 0 Å². The molecule has 90 valence electrons. The van der Waals surface area contributed by atoms with Crippen LogP contribution in [0.3, 0.4) is 0 Å². The molecular weight excluding hydrogens is 246 g/mol. The average molecular weight is 256 g/mol. The van der Waals surface area contributed by atoms with Crippen LogP contribution in [0.15, 0.2) is 30.3 Å². The smallest absolute Gasteiger partial charge is 0.310 e. The Labute approximate surface area is 102 Å². The van der Waals surface area contributed by atoms with Crippen molar-refractivity contribution >= 4 is 34.9 Å². The van der Waals surface area contributed by atoms with Gasteiger partial charge >= 0.3 is 5.97 Å². The highest BCUT2D eigenvalue weighted by atomic mass is 35.5. The molecule has 0 saturated carbocycles. The van der Waals surface area contributed by atoms with Crippen molar-refractivity contribution in [2.24, 2.45) is 0 Å². The third kappa shape index (κ3) is 4.24. The van der Waals surface area contributed by atoms with Gasteiger partial charge in [0.25, 0.3) is 0 Å². The molecule has 1 amide bonds. The number of anilines is 1. The average Bonchev–Trinajstić information content (AvgIpc) is 2.28. The van der Waals surface area contributed by atoms with Gasteiger partial charge in [0.15, 0.2) is 11.2 Å². The van der Waals surface area contributed by atoms with E-state index < -0.39 is 29.5 Å². The van der Waals surface area contributed by atoms with Crippen molar-refractivity contribution in [2.45, 2.75) is 11.8 Å². The summed E-state index contributed by atoms with van der Waals surface area (Å²) >= 11 is 5.55. The Hall–Kier alpha value is -1.88. The topological polar surface area (TPSA) is 83.5 Å². The number of amides is 1. The molecule has 1 rings (SSSR count). The number of hydrogen-bond acceptors (Lipinski definition) is 3. The molecule has 0 bridgehead atoms. The monoisotopic (exact) mass is 255 g/mol. The molecule has 0 fully saturated rings. The second kappa shape index (κ2) is 6.00. The predicted molar refractivity (Wildman–Crippen MR) is 62.0 cm³/mol. The van der Waals surface area contributed by atoms with Crippen LogP contribution in [0.5, 0.6) is 0 Å². The van der Waals surface area contributed by atoms with Crippen LogP contribution >= 0.6 is 11.6 Å². The maximum Gasteiger partial charge on any atom is 0.310 e. The van der Waals surface area contributed by atoms with E-state index >= 15 is 0 Å². The molecule has 0 heterocycles. The van der Waals surface area contributed by atoms with Crippen LogP contribution < -0.4 is 5.32 Å². The Balaban J connectivity index is 2.59. The van der Waals surface area contributed by atoms with Gasteiger partial charge in [0, 0.05) is 5.69 Å². The Morgan fingerprint density at radius 2 is 1.82 bits per heavy atom. The maximum atomic E-state index is 11.5. The molecule has 0 spiro atoms. The fourth-order valence-corrected chi connectivity index (χ4v) is 1.24. The zero-order valence-corrected chi connectivity index (χ0v) is 9.48. The molecule has 1 aromatic carbocycles. The summed E-state index contributed by atoms with van der Waals surface area (Å²) in [7, 11) is 0. The van der Waals surface area contributed by atoms with E-state index in [4.69, 9.17) is 16.7 Å². The van der Waals surface area contributed by atoms with Gasteiger partial charge in [-0.2, -0.15) is 0 Å². The van der Waals surface area contributed by atoms with Crippen molar-refractivity contribution in [1.82, 2.24) is 0 Å². The molecule has 2 N–H and O–H groups in total. The Morgan fingerprint density at radius 3 is 2.35 bits per heavy atom. The third-order valence-electron chi connectivity index (χ3n) is 1.88. The van der Waals surface area contributed by atoms with Crippen LogP contribution in [0.1, 0.15) is 6.42 Å². The van der Waals surface area contributed by atoms with Crippen molar-refractivity contribution < 1.29 is 19.5 Å². The molecular formula is C11H10ClNO4. The van der Waals surface area contributed by atoms with E-state index in [2.05, 4.69) is 5.32 Å². The minimum Gasteiger partial charge on any atom is -0.481 e. The number of rotatable bonds is 5. The first kappa shape index (κ1) is 13.2. The van der Waals surface area contributed by atoms with E-state index in [1.165, 1.54) is 0 Å². The van der Waals surface area contributed by atoms with Crippen molar-refractivity contribution in [1.29, 1.82) is 0 Å².